The van der Waals surface area contributed by atoms with E-state index in [1.807, 2.05) is 0 Å². The summed E-state index contributed by atoms with van der Waals surface area (Å²) in [6.45, 7) is 4.42. The molecule has 0 amide bonds. The van der Waals surface area contributed by atoms with Crippen molar-refractivity contribution in [1.29, 1.82) is 0 Å². The van der Waals surface area contributed by atoms with E-state index in [0.717, 1.165) is 12.8 Å². The number of benzene rings is 6. The van der Waals surface area contributed by atoms with Crippen LogP contribution in [0.3, 0.4) is 0 Å². The molecule has 0 nitrogen and oxygen atoms in total. The molecule has 0 atom stereocenters. The van der Waals surface area contributed by atoms with Gasteiger partial charge in [0, 0.05) is 0 Å². The van der Waals surface area contributed by atoms with Crippen molar-refractivity contribution in [3.63, 3.8) is 0 Å². The molecular formula is C40H32. The summed E-state index contributed by atoms with van der Waals surface area (Å²) in [5, 5.41) is 5.18. The average molecular weight is 513 g/mol. The van der Waals surface area contributed by atoms with Crippen molar-refractivity contribution in [3.05, 3.63) is 150 Å². The molecule has 0 radical (unpaired) electrons. The lowest BCUT2D eigenvalue weighted by Crippen LogP contribution is -1.93. The van der Waals surface area contributed by atoms with Gasteiger partial charge in [0.2, 0.25) is 0 Å². The summed E-state index contributed by atoms with van der Waals surface area (Å²) >= 11 is 0. The Morgan fingerprint density at radius 1 is 0.475 bits per heavy atom. The molecule has 6 aromatic carbocycles. The molecule has 0 N–H and O–H groups in total. The van der Waals surface area contributed by atoms with Gasteiger partial charge in [0.25, 0.3) is 0 Å². The first-order chi connectivity index (χ1) is 19.7. The molecule has 0 saturated heterocycles. The number of fused-ring (bicyclic) bond motifs is 2. The molecule has 0 aliphatic heterocycles. The Kier molecular flexibility index (Phi) is 6.17. The number of aryl methyl sites for hydroxylation is 2. The zero-order valence-electron chi connectivity index (χ0n) is 23.1. The van der Waals surface area contributed by atoms with E-state index >= 15 is 0 Å². The largest absolute Gasteiger partial charge is 0.0842 e. The van der Waals surface area contributed by atoms with Crippen LogP contribution in [0.25, 0.3) is 60.5 Å². The van der Waals surface area contributed by atoms with E-state index in [9.17, 15) is 0 Å². The molecule has 0 unspecified atom stereocenters. The molecule has 0 heteroatoms. The quantitative estimate of drug-likeness (QED) is 0.206. The summed E-state index contributed by atoms with van der Waals surface area (Å²) < 4.78 is 0. The number of allylic oxidation sites excluding steroid dienone is 4. The van der Waals surface area contributed by atoms with Gasteiger partial charge in [0.05, 0.1) is 0 Å². The van der Waals surface area contributed by atoms with Crippen molar-refractivity contribution in [3.8, 4) is 33.4 Å². The summed E-state index contributed by atoms with van der Waals surface area (Å²) in [6.07, 6.45) is 8.92. The van der Waals surface area contributed by atoms with Gasteiger partial charge in [-0.3, -0.25) is 0 Å². The third kappa shape index (κ3) is 4.17. The lowest BCUT2D eigenvalue weighted by molar-refractivity contribution is 1.05. The van der Waals surface area contributed by atoms with Gasteiger partial charge in [-0.15, -0.1) is 0 Å². The highest BCUT2D eigenvalue weighted by Crippen LogP contribution is 2.45. The van der Waals surface area contributed by atoms with Gasteiger partial charge in [-0.2, -0.15) is 0 Å². The highest BCUT2D eigenvalue weighted by Gasteiger charge is 2.18. The molecular weight excluding hydrogens is 480 g/mol. The van der Waals surface area contributed by atoms with E-state index in [2.05, 4.69) is 147 Å². The standard InChI is InChI=1S/C40H32/c1-27-13-6-7-18-33(27)38-26-32(24-23-28(38)2)40-36-21-10-8-19-34(36)39(35-20-9-11-22-37(35)40)31-17-12-16-30(25-31)29-14-4-3-5-15-29/h3-4,6-14,16-26H,5,15H2,1-2H3. The Hall–Kier alpha value is -4.68. The predicted molar refractivity (Wildman–Crippen MR) is 174 cm³/mol. The summed E-state index contributed by atoms with van der Waals surface area (Å²) in [5.41, 5.74) is 13.1. The van der Waals surface area contributed by atoms with Gasteiger partial charge in [-0.05, 0) is 116 Å². The zero-order chi connectivity index (χ0) is 27.1. The fourth-order valence-electron chi connectivity index (χ4n) is 6.41. The van der Waals surface area contributed by atoms with Crippen molar-refractivity contribution < 1.29 is 0 Å². The van der Waals surface area contributed by atoms with Crippen molar-refractivity contribution in [2.45, 2.75) is 26.7 Å². The van der Waals surface area contributed by atoms with Gasteiger partial charge >= 0.3 is 0 Å². The minimum atomic E-state index is 1.09. The van der Waals surface area contributed by atoms with Crippen LogP contribution in [-0.4, -0.2) is 0 Å². The molecule has 0 spiro atoms. The van der Waals surface area contributed by atoms with Crippen LogP contribution in [0, 0.1) is 13.8 Å². The molecule has 1 aliphatic carbocycles. The van der Waals surface area contributed by atoms with Crippen molar-refractivity contribution in [2.75, 3.05) is 0 Å². The number of hydrogen-bond donors (Lipinski definition) is 0. The maximum Gasteiger partial charge on any atom is -0.00262 e. The third-order valence-corrected chi connectivity index (χ3v) is 8.43. The molecule has 0 heterocycles. The van der Waals surface area contributed by atoms with Crippen LogP contribution < -0.4 is 0 Å². The molecule has 40 heavy (non-hydrogen) atoms. The average Bonchev–Trinajstić information content (AvgIpc) is 3.01. The van der Waals surface area contributed by atoms with E-state index in [1.165, 1.54) is 77.2 Å². The lowest BCUT2D eigenvalue weighted by atomic mass is 9.84. The zero-order valence-corrected chi connectivity index (χ0v) is 23.1. The van der Waals surface area contributed by atoms with Crippen LogP contribution in [-0.2, 0) is 0 Å². The third-order valence-electron chi connectivity index (χ3n) is 8.43. The molecule has 1 aliphatic rings. The highest BCUT2D eigenvalue weighted by molar-refractivity contribution is 6.21. The van der Waals surface area contributed by atoms with Crippen molar-refractivity contribution in [2.24, 2.45) is 0 Å². The second kappa shape index (κ2) is 10.1. The molecule has 0 aromatic heterocycles. The van der Waals surface area contributed by atoms with E-state index in [1.54, 1.807) is 0 Å². The second-order valence-electron chi connectivity index (χ2n) is 10.9. The topological polar surface area (TPSA) is 0 Å². The van der Waals surface area contributed by atoms with Gasteiger partial charge in [0.1, 0.15) is 0 Å². The lowest BCUT2D eigenvalue weighted by Gasteiger charge is -2.19. The summed E-state index contributed by atoms with van der Waals surface area (Å²) in [4.78, 5) is 0. The van der Waals surface area contributed by atoms with Gasteiger partial charge in [-0.25, -0.2) is 0 Å². The number of hydrogen-bond acceptors (Lipinski definition) is 0. The smallest absolute Gasteiger partial charge is 0.00262 e. The molecule has 7 rings (SSSR count). The fourth-order valence-corrected chi connectivity index (χ4v) is 6.41. The monoisotopic (exact) mass is 512 g/mol. The van der Waals surface area contributed by atoms with E-state index in [-0.39, 0.29) is 0 Å². The molecule has 192 valence electrons. The minimum absolute atomic E-state index is 1.09. The summed E-state index contributed by atoms with van der Waals surface area (Å²) in [7, 11) is 0. The maximum absolute atomic E-state index is 2.40. The summed E-state index contributed by atoms with van der Waals surface area (Å²) in [6, 6.07) is 42.7. The molecule has 0 bridgehead atoms. The Labute approximate surface area is 237 Å². The maximum atomic E-state index is 2.40. The molecule has 6 aromatic rings. The van der Waals surface area contributed by atoms with E-state index < -0.39 is 0 Å². The first-order valence-electron chi connectivity index (χ1n) is 14.3. The van der Waals surface area contributed by atoms with E-state index in [4.69, 9.17) is 0 Å². The SMILES string of the molecule is Cc1ccccc1-c1cc(-c2c3ccccc3c(-c3cccc(C4=CC=CCC4)c3)c3ccccc23)ccc1C. The predicted octanol–water partition coefficient (Wildman–Crippen LogP) is 11.3. The van der Waals surface area contributed by atoms with Gasteiger partial charge in [0.15, 0.2) is 0 Å². The Morgan fingerprint density at radius 2 is 1.05 bits per heavy atom. The van der Waals surface area contributed by atoms with Crippen molar-refractivity contribution >= 4 is 27.1 Å². The minimum Gasteiger partial charge on any atom is -0.0842 e. The van der Waals surface area contributed by atoms with Crippen LogP contribution in [0.15, 0.2) is 133 Å². The van der Waals surface area contributed by atoms with Crippen molar-refractivity contribution in [1.82, 2.24) is 0 Å². The first-order valence-corrected chi connectivity index (χ1v) is 14.3. The highest BCUT2D eigenvalue weighted by atomic mass is 14.2. The van der Waals surface area contributed by atoms with Gasteiger partial charge in [-0.1, -0.05) is 121 Å². The molecule has 0 saturated carbocycles. The fraction of sp³-hybridized carbons (Fsp3) is 0.100. The normalized spacial score (nSPS) is 13.1. The van der Waals surface area contributed by atoms with Crippen LogP contribution in [0.4, 0.5) is 0 Å². The summed E-state index contributed by atoms with van der Waals surface area (Å²) in [5.74, 6) is 0. The van der Waals surface area contributed by atoms with Crippen LogP contribution in [0.5, 0.6) is 0 Å². The van der Waals surface area contributed by atoms with E-state index in [0.29, 0.717) is 0 Å². The molecule has 0 fully saturated rings. The Balaban J connectivity index is 1.51. The Bertz CT molecular complexity index is 1910. The second-order valence-corrected chi connectivity index (χ2v) is 10.9. The van der Waals surface area contributed by atoms with Crippen LogP contribution in [0.2, 0.25) is 0 Å². The number of rotatable bonds is 4. The Morgan fingerprint density at radius 3 is 1.68 bits per heavy atom. The van der Waals surface area contributed by atoms with Gasteiger partial charge < -0.3 is 0 Å². The van der Waals surface area contributed by atoms with Crippen LogP contribution in [0.1, 0.15) is 29.5 Å². The first kappa shape index (κ1) is 24.4. The van der Waals surface area contributed by atoms with Crippen LogP contribution >= 0.6 is 0 Å².